The van der Waals surface area contributed by atoms with Crippen LogP contribution in [0, 0.1) is 5.92 Å². The Hall–Kier alpha value is -1.84. The van der Waals surface area contributed by atoms with E-state index in [4.69, 9.17) is 9.47 Å². The number of fused-ring (bicyclic) bond motifs is 4. The van der Waals surface area contributed by atoms with Crippen LogP contribution in [-0.2, 0) is 19.1 Å². The predicted octanol–water partition coefficient (Wildman–Crippen LogP) is 2.07. The zero-order chi connectivity index (χ0) is 13.6. The van der Waals surface area contributed by atoms with E-state index in [9.17, 15) is 9.59 Å². The summed E-state index contributed by atoms with van der Waals surface area (Å²) in [6.07, 6.45) is 5.44. The zero-order valence-corrected chi connectivity index (χ0v) is 10.8. The van der Waals surface area contributed by atoms with Crippen molar-refractivity contribution >= 4 is 11.9 Å². The molecule has 4 nitrogen and oxygen atoms in total. The molecule has 3 aliphatic rings. The maximum atomic E-state index is 11.8. The van der Waals surface area contributed by atoms with Gasteiger partial charge in [0.1, 0.15) is 12.2 Å². The molecule has 1 aliphatic carbocycles. The molecule has 3 atom stereocenters. The highest BCUT2D eigenvalue weighted by Gasteiger charge is 2.47. The van der Waals surface area contributed by atoms with Crippen LogP contribution in [0.5, 0.6) is 0 Å². The number of ether oxygens (including phenoxy) is 2. The SMILES string of the molecule is C=C1C(=O)O[C@@H]2/C=C(/C)CC/C=C3\C[C@@H](OC3=O)[C@@H]12. The summed E-state index contributed by atoms with van der Waals surface area (Å²) in [7, 11) is 0. The number of carbonyl (C=O) groups excluding carboxylic acids is 2. The van der Waals surface area contributed by atoms with Gasteiger partial charge in [0, 0.05) is 17.6 Å². The summed E-state index contributed by atoms with van der Waals surface area (Å²) in [6.45, 7) is 5.81. The van der Waals surface area contributed by atoms with Gasteiger partial charge in [-0.1, -0.05) is 18.2 Å². The molecule has 0 aromatic rings. The van der Waals surface area contributed by atoms with E-state index < -0.39 is 0 Å². The van der Waals surface area contributed by atoms with Gasteiger partial charge in [0.15, 0.2) is 0 Å². The number of hydrogen-bond acceptors (Lipinski definition) is 4. The smallest absolute Gasteiger partial charge is 0.334 e. The molecule has 0 radical (unpaired) electrons. The Bertz CT molecular complexity index is 526. The normalized spacial score (nSPS) is 39.6. The van der Waals surface area contributed by atoms with Crippen LogP contribution in [0.25, 0.3) is 0 Å². The molecule has 0 unspecified atom stereocenters. The summed E-state index contributed by atoms with van der Waals surface area (Å²) in [4.78, 5) is 23.5. The van der Waals surface area contributed by atoms with Crippen molar-refractivity contribution in [3.63, 3.8) is 0 Å². The molecule has 3 rings (SSSR count). The van der Waals surface area contributed by atoms with Crippen molar-refractivity contribution in [3.8, 4) is 0 Å². The molecule has 0 aromatic carbocycles. The summed E-state index contributed by atoms with van der Waals surface area (Å²) in [5, 5.41) is 0. The highest BCUT2D eigenvalue weighted by atomic mass is 16.6. The minimum atomic E-state index is -0.383. The molecular weight excluding hydrogens is 244 g/mol. The van der Waals surface area contributed by atoms with Crippen molar-refractivity contribution in [3.05, 3.63) is 35.5 Å². The largest absolute Gasteiger partial charge is 0.458 e. The first kappa shape index (κ1) is 12.2. The van der Waals surface area contributed by atoms with Gasteiger partial charge in [-0.2, -0.15) is 0 Å². The molecule has 2 aliphatic heterocycles. The highest BCUT2D eigenvalue weighted by molar-refractivity contribution is 5.93. The number of carbonyl (C=O) groups is 2. The van der Waals surface area contributed by atoms with E-state index in [1.165, 1.54) is 0 Å². The fourth-order valence-electron chi connectivity index (χ4n) is 2.94. The molecule has 0 saturated carbocycles. The van der Waals surface area contributed by atoms with Gasteiger partial charge in [-0.3, -0.25) is 0 Å². The molecular formula is C15H16O4. The Morgan fingerprint density at radius 2 is 2.05 bits per heavy atom. The lowest BCUT2D eigenvalue weighted by molar-refractivity contribution is -0.141. The Morgan fingerprint density at radius 3 is 2.84 bits per heavy atom. The van der Waals surface area contributed by atoms with Gasteiger partial charge >= 0.3 is 11.9 Å². The van der Waals surface area contributed by atoms with Crippen LogP contribution in [-0.4, -0.2) is 24.1 Å². The molecule has 0 amide bonds. The van der Waals surface area contributed by atoms with E-state index in [1.807, 2.05) is 19.1 Å². The molecule has 2 bridgehead atoms. The average molecular weight is 260 g/mol. The van der Waals surface area contributed by atoms with Crippen molar-refractivity contribution in [1.29, 1.82) is 0 Å². The van der Waals surface area contributed by atoms with Crippen LogP contribution < -0.4 is 0 Å². The number of rotatable bonds is 0. The lowest BCUT2D eigenvalue weighted by Crippen LogP contribution is -2.28. The fourth-order valence-corrected chi connectivity index (χ4v) is 2.94. The molecule has 100 valence electrons. The second kappa shape index (κ2) is 4.37. The second-order valence-electron chi connectivity index (χ2n) is 5.35. The van der Waals surface area contributed by atoms with Crippen LogP contribution in [0.3, 0.4) is 0 Å². The van der Waals surface area contributed by atoms with Crippen molar-refractivity contribution in [1.82, 2.24) is 0 Å². The van der Waals surface area contributed by atoms with E-state index in [0.29, 0.717) is 17.6 Å². The third-order valence-corrected chi connectivity index (χ3v) is 3.98. The first-order chi connectivity index (χ1) is 9.06. The molecule has 0 spiro atoms. The summed E-state index contributed by atoms with van der Waals surface area (Å²) in [5.74, 6) is -0.905. The highest BCUT2D eigenvalue weighted by Crippen LogP contribution is 2.39. The minimum Gasteiger partial charge on any atom is -0.458 e. The van der Waals surface area contributed by atoms with Crippen LogP contribution in [0.4, 0.5) is 0 Å². The van der Waals surface area contributed by atoms with E-state index in [2.05, 4.69) is 6.58 Å². The van der Waals surface area contributed by atoms with Crippen LogP contribution in [0.1, 0.15) is 26.2 Å². The van der Waals surface area contributed by atoms with Crippen LogP contribution in [0.15, 0.2) is 35.5 Å². The summed E-state index contributed by atoms with van der Waals surface area (Å²) in [6, 6.07) is 0. The third kappa shape index (κ3) is 2.01. The van der Waals surface area contributed by atoms with E-state index >= 15 is 0 Å². The monoisotopic (exact) mass is 260 g/mol. The maximum Gasteiger partial charge on any atom is 0.334 e. The van der Waals surface area contributed by atoms with Gasteiger partial charge in [-0.15, -0.1) is 0 Å². The van der Waals surface area contributed by atoms with Gasteiger partial charge in [-0.25, -0.2) is 9.59 Å². The molecule has 0 N–H and O–H groups in total. The summed E-state index contributed by atoms with van der Waals surface area (Å²) in [5.41, 5.74) is 2.28. The predicted molar refractivity (Wildman–Crippen MR) is 68.1 cm³/mol. The van der Waals surface area contributed by atoms with Gasteiger partial charge in [-0.05, 0) is 25.8 Å². The average Bonchev–Trinajstić information content (AvgIpc) is 2.81. The van der Waals surface area contributed by atoms with Crippen molar-refractivity contribution < 1.29 is 19.1 Å². The number of allylic oxidation sites excluding steroid dienone is 2. The van der Waals surface area contributed by atoms with Gasteiger partial charge in [0.05, 0.1) is 5.92 Å². The van der Waals surface area contributed by atoms with E-state index in [1.54, 1.807) is 0 Å². The first-order valence-corrected chi connectivity index (χ1v) is 6.53. The number of esters is 2. The Balaban J connectivity index is 2.00. The minimum absolute atomic E-state index is 0.254. The van der Waals surface area contributed by atoms with Gasteiger partial charge in [0.25, 0.3) is 0 Å². The lowest BCUT2D eigenvalue weighted by atomic mass is 9.87. The third-order valence-electron chi connectivity index (χ3n) is 3.98. The maximum absolute atomic E-state index is 11.8. The Morgan fingerprint density at radius 1 is 1.26 bits per heavy atom. The fraction of sp³-hybridized carbons (Fsp3) is 0.467. The summed E-state index contributed by atoms with van der Waals surface area (Å²) >= 11 is 0. The standard InChI is InChI=1S/C15H16O4/c1-8-4-3-5-10-7-12(19-15(10)17)13-9(2)14(16)18-11(13)6-8/h5-6,11-13H,2-4,7H2,1H3/b8-6-,10-5+/t11-,12-,13+/m1/s1. The molecule has 19 heavy (non-hydrogen) atoms. The Labute approximate surface area is 111 Å². The van der Waals surface area contributed by atoms with Gasteiger partial charge < -0.3 is 9.47 Å². The Kier molecular flexibility index (Phi) is 2.81. The molecule has 4 heteroatoms. The van der Waals surface area contributed by atoms with Gasteiger partial charge in [0.2, 0.25) is 0 Å². The second-order valence-corrected chi connectivity index (χ2v) is 5.35. The van der Waals surface area contributed by atoms with E-state index in [-0.39, 0.29) is 30.1 Å². The topological polar surface area (TPSA) is 52.6 Å². The van der Waals surface area contributed by atoms with Crippen LogP contribution >= 0.6 is 0 Å². The molecule has 2 fully saturated rings. The van der Waals surface area contributed by atoms with E-state index in [0.717, 1.165) is 18.4 Å². The van der Waals surface area contributed by atoms with Crippen molar-refractivity contribution in [2.24, 2.45) is 5.92 Å². The first-order valence-electron chi connectivity index (χ1n) is 6.53. The van der Waals surface area contributed by atoms with Crippen LogP contribution in [0.2, 0.25) is 0 Å². The molecule has 2 saturated heterocycles. The summed E-state index contributed by atoms with van der Waals surface area (Å²) < 4.78 is 10.7. The number of hydrogen-bond donors (Lipinski definition) is 0. The molecule has 2 heterocycles. The van der Waals surface area contributed by atoms with Crippen molar-refractivity contribution in [2.75, 3.05) is 0 Å². The zero-order valence-electron chi connectivity index (χ0n) is 10.8. The molecule has 0 aromatic heterocycles. The quantitative estimate of drug-likeness (QED) is 0.380. The lowest BCUT2D eigenvalue weighted by Gasteiger charge is -2.21. The van der Waals surface area contributed by atoms with Crippen molar-refractivity contribution in [2.45, 2.75) is 38.4 Å².